The average Bonchev–Trinajstić information content (AvgIpc) is 2.56. The van der Waals surface area contributed by atoms with Crippen molar-refractivity contribution in [3.05, 3.63) is 70.1 Å². The molecule has 3 N–H and O–H groups in total. The van der Waals surface area contributed by atoms with Crippen LogP contribution in [-0.4, -0.2) is 18.2 Å². The Labute approximate surface area is 127 Å². The second-order valence-electron chi connectivity index (χ2n) is 4.13. The molecule has 0 fully saturated rings. The molecule has 0 aliphatic carbocycles. The summed E-state index contributed by atoms with van der Waals surface area (Å²) >= 11 is 0. The van der Waals surface area contributed by atoms with Crippen molar-refractivity contribution in [2.75, 3.05) is 12.8 Å². The molecule has 114 valence electrons. The van der Waals surface area contributed by atoms with E-state index in [4.69, 9.17) is 16.4 Å². The Bertz CT molecular complexity index is 647. The van der Waals surface area contributed by atoms with Crippen molar-refractivity contribution in [1.82, 2.24) is 0 Å². The molecule has 0 unspecified atom stereocenters. The maximum absolute atomic E-state index is 10.9. The third-order valence-corrected chi connectivity index (χ3v) is 2.61. The monoisotopic (exact) mass is 300 g/mol. The normalized spacial score (nSPS) is 9.00. The topological polar surface area (TPSA) is 121 Å². The molecule has 0 amide bonds. The first kappa shape index (κ1) is 17.0. The van der Waals surface area contributed by atoms with Gasteiger partial charge >= 0.3 is 5.97 Å². The first-order valence-corrected chi connectivity index (χ1v) is 6.29. The van der Waals surface area contributed by atoms with Gasteiger partial charge in [0.15, 0.2) is 0 Å². The maximum atomic E-state index is 10.9. The molecule has 0 atom stereocenters. The minimum absolute atomic E-state index is 0.0105. The molecule has 0 aliphatic heterocycles. The van der Waals surface area contributed by atoms with Crippen molar-refractivity contribution in [3.8, 4) is 0 Å². The zero-order chi connectivity index (χ0) is 16.4. The molecule has 0 radical (unpaired) electrons. The van der Waals surface area contributed by atoms with E-state index in [0.717, 1.165) is 5.56 Å². The Morgan fingerprint density at radius 1 is 1.23 bits per heavy atom. The van der Waals surface area contributed by atoms with Gasteiger partial charge in [-0.25, -0.2) is 4.79 Å². The largest absolute Gasteiger partial charge is 0.465 e. The molecule has 0 heterocycles. The molecule has 2 aromatic carbocycles. The summed E-state index contributed by atoms with van der Waals surface area (Å²) in [6.45, 7) is 0.0105. The van der Waals surface area contributed by atoms with Gasteiger partial charge in [0.25, 0.3) is 0 Å². The van der Waals surface area contributed by atoms with Gasteiger partial charge in [0.2, 0.25) is 0 Å². The number of hydrogen-bond acceptors (Lipinski definition) is 5. The fraction of sp³-hybridized carbons (Fsp3) is 0.133. The number of carbonyl (C=O) groups is 1. The van der Waals surface area contributed by atoms with Gasteiger partial charge in [-0.05, 0) is 35.4 Å². The van der Waals surface area contributed by atoms with E-state index in [2.05, 4.69) is 14.8 Å². The molecular formula is C15H16N4O3. The number of rotatable bonds is 3. The Morgan fingerprint density at radius 3 is 2.27 bits per heavy atom. The van der Waals surface area contributed by atoms with Crippen LogP contribution in [0.25, 0.3) is 10.4 Å². The molecule has 0 spiro atoms. The lowest BCUT2D eigenvalue weighted by Gasteiger charge is -1.97. The predicted octanol–water partition coefficient (Wildman–Crippen LogP) is 3.18. The number of aliphatic hydroxyl groups is 1. The van der Waals surface area contributed by atoms with Crippen LogP contribution in [-0.2, 0) is 11.3 Å². The molecule has 0 saturated carbocycles. The lowest BCUT2D eigenvalue weighted by molar-refractivity contribution is 0.0601. The standard InChI is InChI=1S/C8H9NO2.C7H7N3O/c1-11-8(10)6-2-4-7(9)5-3-6;8-10-9-7-3-1-6(5-11)2-4-7/h2-5H,9H2,1H3;1-4,11H,5H2. The summed E-state index contributed by atoms with van der Waals surface area (Å²) in [5.74, 6) is -0.343. The van der Waals surface area contributed by atoms with Gasteiger partial charge < -0.3 is 15.6 Å². The Balaban J connectivity index is 0.000000220. The van der Waals surface area contributed by atoms with Crippen LogP contribution in [0.15, 0.2) is 53.6 Å². The van der Waals surface area contributed by atoms with Crippen molar-refractivity contribution < 1.29 is 14.6 Å². The highest BCUT2D eigenvalue weighted by Crippen LogP contribution is 2.12. The Morgan fingerprint density at radius 2 is 1.82 bits per heavy atom. The number of anilines is 1. The van der Waals surface area contributed by atoms with Crippen LogP contribution >= 0.6 is 0 Å². The van der Waals surface area contributed by atoms with Crippen molar-refractivity contribution in [2.45, 2.75) is 6.61 Å². The highest BCUT2D eigenvalue weighted by molar-refractivity contribution is 5.89. The molecule has 2 aromatic rings. The third kappa shape index (κ3) is 5.54. The number of esters is 1. The van der Waals surface area contributed by atoms with E-state index >= 15 is 0 Å². The SMILES string of the molecule is COC(=O)c1ccc(N)cc1.[N-]=[N+]=Nc1ccc(CO)cc1. The third-order valence-electron chi connectivity index (χ3n) is 2.61. The van der Waals surface area contributed by atoms with Crippen LogP contribution in [0.3, 0.4) is 0 Å². The van der Waals surface area contributed by atoms with E-state index in [9.17, 15) is 4.79 Å². The highest BCUT2D eigenvalue weighted by atomic mass is 16.5. The Hall–Kier alpha value is -3.02. The van der Waals surface area contributed by atoms with Crippen LogP contribution in [0.4, 0.5) is 11.4 Å². The molecule has 0 aromatic heterocycles. The van der Waals surface area contributed by atoms with Gasteiger partial charge in [-0.2, -0.15) is 0 Å². The number of nitrogens with zero attached hydrogens (tertiary/aromatic N) is 3. The fourth-order valence-electron chi connectivity index (χ4n) is 1.46. The van der Waals surface area contributed by atoms with Crippen molar-refractivity contribution >= 4 is 17.3 Å². The number of nitrogen functional groups attached to an aromatic ring is 1. The first-order valence-electron chi connectivity index (χ1n) is 6.29. The van der Waals surface area contributed by atoms with E-state index in [1.807, 2.05) is 0 Å². The van der Waals surface area contributed by atoms with Crippen molar-refractivity contribution in [3.63, 3.8) is 0 Å². The fourth-order valence-corrected chi connectivity index (χ4v) is 1.46. The lowest BCUT2D eigenvalue weighted by atomic mass is 10.2. The predicted molar refractivity (Wildman–Crippen MR) is 83.4 cm³/mol. The summed E-state index contributed by atoms with van der Waals surface area (Å²) in [5, 5.41) is 12.0. The van der Waals surface area contributed by atoms with Crippen LogP contribution in [0, 0.1) is 0 Å². The van der Waals surface area contributed by atoms with Gasteiger partial charge in [-0.15, -0.1) is 0 Å². The summed E-state index contributed by atoms with van der Waals surface area (Å²) in [7, 11) is 1.35. The number of hydrogen-bond donors (Lipinski definition) is 2. The number of aliphatic hydroxyl groups excluding tert-OH is 1. The van der Waals surface area contributed by atoms with Gasteiger partial charge in [0, 0.05) is 16.3 Å². The van der Waals surface area contributed by atoms with Gasteiger partial charge in [0.05, 0.1) is 19.3 Å². The summed E-state index contributed by atoms with van der Waals surface area (Å²) in [4.78, 5) is 13.5. The van der Waals surface area contributed by atoms with E-state index in [0.29, 0.717) is 16.9 Å². The van der Waals surface area contributed by atoms with E-state index in [1.54, 1.807) is 48.5 Å². The van der Waals surface area contributed by atoms with Crippen LogP contribution in [0.1, 0.15) is 15.9 Å². The van der Waals surface area contributed by atoms with Crippen molar-refractivity contribution in [2.24, 2.45) is 5.11 Å². The molecule has 7 heteroatoms. The average molecular weight is 300 g/mol. The Kier molecular flexibility index (Phi) is 6.98. The molecule has 2 rings (SSSR count). The van der Waals surface area contributed by atoms with Gasteiger partial charge in [0.1, 0.15) is 0 Å². The second-order valence-corrected chi connectivity index (χ2v) is 4.13. The number of nitrogens with two attached hydrogens (primary N) is 1. The maximum Gasteiger partial charge on any atom is 0.337 e. The van der Waals surface area contributed by atoms with Crippen LogP contribution in [0.5, 0.6) is 0 Å². The summed E-state index contributed by atoms with van der Waals surface area (Å²) < 4.78 is 4.50. The zero-order valence-corrected chi connectivity index (χ0v) is 12.0. The summed E-state index contributed by atoms with van der Waals surface area (Å²) in [6.07, 6.45) is 0. The second kappa shape index (κ2) is 9.02. The van der Waals surface area contributed by atoms with E-state index < -0.39 is 0 Å². The highest BCUT2D eigenvalue weighted by Gasteiger charge is 2.02. The number of azide groups is 1. The lowest BCUT2D eigenvalue weighted by Crippen LogP contribution is -2.00. The molecule has 22 heavy (non-hydrogen) atoms. The molecule has 0 saturated heterocycles. The number of methoxy groups -OCH3 is 1. The number of carbonyl (C=O) groups excluding carboxylic acids is 1. The zero-order valence-electron chi connectivity index (χ0n) is 12.0. The molecular weight excluding hydrogens is 284 g/mol. The summed E-state index contributed by atoms with van der Waals surface area (Å²) in [5.41, 5.74) is 16.0. The number of ether oxygens (including phenoxy) is 1. The molecule has 0 bridgehead atoms. The smallest absolute Gasteiger partial charge is 0.337 e. The quantitative estimate of drug-likeness (QED) is 0.297. The summed E-state index contributed by atoms with van der Waals surface area (Å²) in [6, 6.07) is 13.3. The van der Waals surface area contributed by atoms with E-state index in [-0.39, 0.29) is 12.6 Å². The minimum atomic E-state index is -0.343. The molecule has 0 aliphatic rings. The van der Waals surface area contributed by atoms with Crippen LogP contribution in [0.2, 0.25) is 0 Å². The molecule has 7 nitrogen and oxygen atoms in total. The van der Waals surface area contributed by atoms with Crippen molar-refractivity contribution in [1.29, 1.82) is 0 Å². The minimum Gasteiger partial charge on any atom is -0.465 e. The van der Waals surface area contributed by atoms with Crippen LogP contribution < -0.4 is 5.73 Å². The van der Waals surface area contributed by atoms with E-state index in [1.165, 1.54) is 7.11 Å². The van der Waals surface area contributed by atoms with Gasteiger partial charge in [-0.3, -0.25) is 0 Å². The van der Waals surface area contributed by atoms with Gasteiger partial charge in [-0.1, -0.05) is 29.4 Å². The number of benzene rings is 2. The first-order chi connectivity index (χ1) is 10.6.